The van der Waals surface area contributed by atoms with E-state index < -0.39 is 0 Å². The van der Waals surface area contributed by atoms with Crippen LogP contribution in [0.2, 0.25) is 0 Å². The van der Waals surface area contributed by atoms with E-state index in [1.54, 1.807) is 0 Å². The summed E-state index contributed by atoms with van der Waals surface area (Å²) in [7, 11) is 0.815. The van der Waals surface area contributed by atoms with E-state index in [0.717, 1.165) is 8.58 Å². The highest BCUT2D eigenvalue weighted by Gasteiger charge is 2.22. The highest BCUT2D eigenvalue weighted by atomic mass is 31.1. The van der Waals surface area contributed by atoms with Crippen molar-refractivity contribution in [3.8, 4) is 0 Å². The Morgan fingerprint density at radius 2 is 1.76 bits per heavy atom. The van der Waals surface area contributed by atoms with Gasteiger partial charge in [0.2, 0.25) is 0 Å². The normalized spacial score (nSPS) is 27.9. The summed E-state index contributed by atoms with van der Waals surface area (Å²) in [5.74, 6) is 1.09. The monoisotopic (exact) mass is 240 g/mol. The van der Waals surface area contributed by atoms with E-state index in [4.69, 9.17) is 0 Å². The molecule has 1 heteroatoms. The molecular formula is C16H17P. The third-order valence-electron chi connectivity index (χ3n) is 3.62. The van der Waals surface area contributed by atoms with Gasteiger partial charge in [0.15, 0.2) is 0 Å². The minimum absolute atomic E-state index is 0.536. The lowest BCUT2D eigenvalue weighted by atomic mass is 9.91. The topological polar surface area (TPSA) is 0 Å². The minimum atomic E-state index is 0.536. The molecule has 0 saturated carbocycles. The van der Waals surface area contributed by atoms with E-state index in [-0.39, 0.29) is 0 Å². The van der Waals surface area contributed by atoms with Gasteiger partial charge in [-0.15, -0.1) is 0 Å². The van der Waals surface area contributed by atoms with Crippen LogP contribution in [-0.2, 0) is 0 Å². The van der Waals surface area contributed by atoms with Crippen LogP contribution >= 0.6 is 8.58 Å². The van der Waals surface area contributed by atoms with Gasteiger partial charge in [0.25, 0.3) is 0 Å². The molecule has 1 aliphatic carbocycles. The van der Waals surface area contributed by atoms with Crippen molar-refractivity contribution in [3.05, 3.63) is 65.0 Å². The van der Waals surface area contributed by atoms with Crippen molar-refractivity contribution in [2.75, 3.05) is 0 Å². The van der Waals surface area contributed by atoms with Crippen molar-refractivity contribution < 1.29 is 0 Å². The van der Waals surface area contributed by atoms with E-state index in [0.29, 0.717) is 11.8 Å². The summed E-state index contributed by atoms with van der Waals surface area (Å²) < 4.78 is 0. The van der Waals surface area contributed by atoms with Gasteiger partial charge in [-0.3, -0.25) is 0 Å². The second-order valence-corrected chi connectivity index (χ2v) is 6.21. The van der Waals surface area contributed by atoms with Crippen LogP contribution in [0.15, 0.2) is 59.5 Å². The summed E-state index contributed by atoms with van der Waals surface area (Å²) in [5.41, 5.74) is 3.03. The fourth-order valence-electron chi connectivity index (χ4n) is 2.55. The second-order valence-electron chi connectivity index (χ2n) is 4.88. The average Bonchev–Trinajstić information content (AvgIpc) is 2.53. The van der Waals surface area contributed by atoms with Crippen LogP contribution in [-0.4, -0.2) is 0 Å². The minimum Gasteiger partial charge on any atom is -0.0776 e. The van der Waals surface area contributed by atoms with Crippen molar-refractivity contribution in [1.29, 1.82) is 0 Å². The van der Waals surface area contributed by atoms with Crippen molar-refractivity contribution in [1.82, 2.24) is 0 Å². The first-order valence-electron chi connectivity index (χ1n) is 6.22. The van der Waals surface area contributed by atoms with Gasteiger partial charge in [-0.2, -0.15) is 0 Å². The molecule has 17 heavy (non-hydrogen) atoms. The number of allylic oxidation sites excluding steroid dienone is 6. The molecule has 1 aromatic rings. The predicted octanol–water partition coefficient (Wildman–Crippen LogP) is 4.12. The molecule has 3 rings (SSSR count). The first kappa shape index (κ1) is 11.0. The lowest BCUT2D eigenvalue weighted by Gasteiger charge is -2.25. The van der Waals surface area contributed by atoms with E-state index >= 15 is 0 Å². The van der Waals surface area contributed by atoms with Gasteiger partial charge in [0.05, 0.1) is 0 Å². The van der Waals surface area contributed by atoms with Crippen LogP contribution in [0, 0.1) is 5.92 Å². The van der Waals surface area contributed by atoms with Gasteiger partial charge in [-0.1, -0.05) is 71.0 Å². The first-order chi connectivity index (χ1) is 8.25. The molecule has 0 amide bonds. The molecule has 0 bridgehead atoms. The lowest BCUT2D eigenvalue weighted by Crippen LogP contribution is -2.14. The SMILES string of the molecule is CC1C2=C(C=C[C@@H](C)C=C2)Pc2ccccc21. The van der Waals surface area contributed by atoms with Crippen molar-refractivity contribution in [2.45, 2.75) is 19.8 Å². The molecule has 0 radical (unpaired) electrons. The molecule has 1 aromatic carbocycles. The Bertz CT molecular complexity index is 534. The fraction of sp³-hybridized carbons (Fsp3) is 0.250. The molecule has 0 saturated heterocycles. The van der Waals surface area contributed by atoms with Gasteiger partial charge in [-0.25, -0.2) is 0 Å². The van der Waals surface area contributed by atoms with Crippen LogP contribution in [0.3, 0.4) is 0 Å². The summed E-state index contributed by atoms with van der Waals surface area (Å²) in [6.45, 7) is 4.57. The molecule has 86 valence electrons. The zero-order valence-electron chi connectivity index (χ0n) is 10.3. The van der Waals surface area contributed by atoms with Crippen molar-refractivity contribution in [2.24, 2.45) is 5.92 Å². The fourth-order valence-corrected chi connectivity index (χ4v) is 4.08. The maximum atomic E-state index is 2.34. The Balaban J connectivity index is 2.10. The van der Waals surface area contributed by atoms with Crippen molar-refractivity contribution >= 4 is 13.9 Å². The van der Waals surface area contributed by atoms with Gasteiger partial charge in [0.1, 0.15) is 0 Å². The Hall–Kier alpha value is -1.13. The lowest BCUT2D eigenvalue weighted by molar-refractivity contribution is 0.912. The molecule has 0 spiro atoms. The Morgan fingerprint density at radius 1 is 1.00 bits per heavy atom. The molecule has 2 aliphatic rings. The molecular weight excluding hydrogens is 223 g/mol. The highest BCUT2D eigenvalue weighted by Crippen LogP contribution is 2.43. The standard InChI is InChI=1S/C16H17P/c1-11-7-9-14-12(2)13-5-3-4-6-15(13)17-16(14)10-8-11/h3-12,17H,1-2H3/t11-,12?/m0/s1. The summed E-state index contributed by atoms with van der Waals surface area (Å²) in [4.78, 5) is 0. The quantitative estimate of drug-likeness (QED) is 0.598. The molecule has 0 N–H and O–H groups in total. The van der Waals surface area contributed by atoms with Gasteiger partial charge < -0.3 is 0 Å². The molecule has 1 heterocycles. The first-order valence-corrected chi connectivity index (χ1v) is 7.22. The second kappa shape index (κ2) is 4.27. The summed E-state index contributed by atoms with van der Waals surface area (Å²) >= 11 is 0. The third-order valence-corrected chi connectivity index (χ3v) is 5.07. The summed E-state index contributed by atoms with van der Waals surface area (Å²) in [6.07, 6.45) is 9.30. The summed E-state index contributed by atoms with van der Waals surface area (Å²) in [5, 5.41) is 3.04. The third kappa shape index (κ3) is 1.91. The van der Waals surface area contributed by atoms with Crippen molar-refractivity contribution in [3.63, 3.8) is 0 Å². The molecule has 1 aliphatic heterocycles. The van der Waals surface area contributed by atoms with Crippen LogP contribution in [0.1, 0.15) is 25.3 Å². The largest absolute Gasteiger partial charge is 0.0776 e. The number of hydrogen-bond acceptors (Lipinski definition) is 0. The molecule has 2 unspecified atom stereocenters. The van der Waals surface area contributed by atoms with Crippen LogP contribution < -0.4 is 5.30 Å². The predicted molar refractivity (Wildman–Crippen MR) is 77.3 cm³/mol. The van der Waals surface area contributed by atoms with Gasteiger partial charge >= 0.3 is 0 Å². The van der Waals surface area contributed by atoms with E-state index in [1.807, 2.05) is 0 Å². The summed E-state index contributed by atoms with van der Waals surface area (Å²) in [6, 6.07) is 8.87. The molecule has 3 atom stereocenters. The Morgan fingerprint density at radius 3 is 2.65 bits per heavy atom. The van der Waals surface area contributed by atoms with Crippen LogP contribution in [0.25, 0.3) is 0 Å². The van der Waals surface area contributed by atoms with E-state index in [9.17, 15) is 0 Å². The number of benzene rings is 1. The van der Waals surface area contributed by atoms with Gasteiger partial charge in [0, 0.05) is 5.92 Å². The van der Waals surface area contributed by atoms with E-state index in [1.165, 1.54) is 21.8 Å². The number of fused-ring (bicyclic) bond motifs is 1. The zero-order valence-corrected chi connectivity index (χ0v) is 11.3. The van der Waals surface area contributed by atoms with E-state index in [2.05, 4.69) is 62.4 Å². The highest BCUT2D eigenvalue weighted by molar-refractivity contribution is 7.52. The molecule has 0 nitrogen and oxygen atoms in total. The maximum Gasteiger partial charge on any atom is 0.00735 e. The van der Waals surface area contributed by atoms with Crippen LogP contribution in [0.5, 0.6) is 0 Å². The smallest absolute Gasteiger partial charge is 0.00735 e. The average molecular weight is 240 g/mol. The Kier molecular flexibility index (Phi) is 2.76. The van der Waals surface area contributed by atoms with Crippen LogP contribution in [0.4, 0.5) is 0 Å². The zero-order chi connectivity index (χ0) is 11.8. The van der Waals surface area contributed by atoms with Gasteiger partial charge in [-0.05, 0) is 27.7 Å². The number of rotatable bonds is 0. The molecule has 0 aromatic heterocycles. The molecule has 0 fully saturated rings. The Labute approximate surface area is 105 Å². The maximum absolute atomic E-state index is 2.34. The number of hydrogen-bond donors (Lipinski definition) is 0.